The van der Waals surface area contributed by atoms with Crippen molar-refractivity contribution >= 4 is 39.0 Å². The maximum atomic E-state index is 6.06. The quantitative estimate of drug-likeness (QED) is 0.733. The lowest BCUT2D eigenvalue weighted by Crippen LogP contribution is -1.85. The van der Waals surface area contributed by atoms with Crippen LogP contribution in [0.1, 0.15) is 4.88 Å². The average molecular weight is 278 g/mol. The Kier molecular flexibility index (Phi) is 2.76. The van der Waals surface area contributed by atoms with Crippen molar-refractivity contribution in [1.29, 1.82) is 0 Å². The molecule has 0 atom stereocenters. The molecule has 2 N–H and O–H groups in total. The molecule has 3 rings (SSSR count). The number of benzene rings is 1. The lowest BCUT2D eigenvalue weighted by atomic mass is 10.1. The van der Waals surface area contributed by atoms with E-state index in [1.54, 1.807) is 11.3 Å². The number of thiazole rings is 1. The highest BCUT2D eigenvalue weighted by Crippen LogP contribution is 2.35. The first-order valence-corrected chi connectivity index (χ1v) is 6.80. The van der Waals surface area contributed by atoms with E-state index in [0.717, 1.165) is 32.3 Å². The number of anilines is 1. The maximum Gasteiger partial charge on any atom is 0.183 e. The van der Waals surface area contributed by atoms with E-state index < -0.39 is 0 Å². The smallest absolute Gasteiger partial charge is 0.183 e. The Labute approximate surface area is 114 Å². The van der Waals surface area contributed by atoms with Gasteiger partial charge in [-0.1, -0.05) is 11.6 Å². The van der Waals surface area contributed by atoms with Gasteiger partial charge in [0, 0.05) is 39.6 Å². The van der Waals surface area contributed by atoms with Crippen LogP contribution < -0.4 is 5.32 Å². The van der Waals surface area contributed by atoms with Crippen molar-refractivity contribution in [2.24, 2.45) is 0 Å². The van der Waals surface area contributed by atoms with Crippen molar-refractivity contribution in [2.75, 3.05) is 12.4 Å². The molecular weight excluding hydrogens is 266 g/mol. The molecule has 5 heteroatoms. The Balaban J connectivity index is 2.24. The molecule has 1 aromatic carbocycles. The first-order valence-electron chi connectivity index (χ1n) is 5.61. The number of rotatable bonds is 2. The van der Waals surface area contributed by atoms with Crippen LogP contribution in [0.15, 0.2) is 24.4 Å². The fourth-order valence-corrected chi connectivity index (χ4v) is 3.00. The van der Waals surface area contributed by atoms with Crippen LogP contribution in [0.5, 0.6) is 0 Å². The van der Waals surface area contributed by atoms with Gasteiger partial charge in [0.25, 0.3) is 0 Å². The highest BCUT2D eigenvalue weighted by Gasteiger charge is 2.13. The number of nitrogens with zero attached hydrogens (tertiary/aromatic N) is 1. The number of halogens is 1. The number of aryl methyl sites for hydroxylation is 1. The lowest BCUT2D eigenvalue weighted by molar-refractivity contribution is 1.34. The van der Waals surface area contributed by atoms with Crippen LogP contribution in [0.4, 0.5) is 5.13 Å². The molecule has 0 unspecified atom stereocenters. The van der Waals surface area contributed by atoms with Crippen LogP contribution in [0.3, 0.4) is 0 Å². The Bertz CT molecular complexity index is 714. The fourth-order valence-electron chi connectivity index (χ4n) is 2.04. The molecule has 3 nitrogen and oxygen atoms in total. The third kappa shape index (κ3) is 1.78. The summed E-state index contributed by atoms with van der Waals surface area (Å²) in [5.41, 5.74) is 3.19. The van der Waals surface area contributed by atoms with Gasteiger partial charge in [-0.25, -0.2) is 4.98 Å². The van der Waals surface area contributed by atoms with Crippen LogP contribution in [-0.4, -0.2) is 17.0 Å². The molecule has 0 saturated carbocycles. The molecule has 18 heavy (non-hydrogen) atoms. The Morgan fingerprint density at radius 3 is 2.94 bits per heavy atom. The summed E-state index contributed by atoms with van der Waals surface area (Å²) in [7, 11) is 1.88. The summed E-state index contributed by atoms with van der Waals surface area (Å²) in [6.07, 6.45) is 1.99. The minimum atomic E-state index is 0.741. The molecule has 0 amide bonds. The fraction of sp³-hybridized carbons (Fsp3) is 0.154. The number of hydrogen-bond donors (Lipinski definition) is 2. The zero-order valence-corrected chi connectivity index (χ0v) is 11.6. The van der Waals surface area contributed by atoms with E-state index >= 15 is 0 Å². The number of H-pyrrole nitrogens is 1. The van der Waals surface area contributed by atoms with E-state index in [9.17, 15) is 0 Å². The van der Waals surface area contributed by atoms with Crippen LogP contribution in [0.2, 0.25) is 5.02 Å². The second kappa shape index (κ2) is 4.30. The number of aromatic nitrogens is 2. The highest BCUT2D eigenvalue weighted by atomic mass is 35.5. The van der Waals surface area contributed by atoms with Crippen molar-refractivity contribution < 1.29 is 0 Å². The summed E-state index contributed by atoms with van der Waals surface area (Å²) in [4.78, 5) is 9.04. The number of nitrogens with one attached hydrogen (secondary N) is 2. The summed E-state index contributed by atoms with van der Waals surface area (Å²) < 4.78 is 0. The van der Waals surface area contributed by atoms with Crippen molar-refractivity contribution in [1.82, 2.24) is 9.97 Å². The normalized spacial score (nSPS) is 11.1. The predicted molar refractivity (Wildman–Crippen MR) is 78.7 cm³/mol. The molecular formula is C13H12ClN3S. The van der Waals surface area contributed by atoms with Gasteiger partial charge in [-0.3, -0.25) is 0 Å². The number of hydrogen-bond acceptors (Lipinski definition) is 3. The van der Waals surface area contributed by atoms with Gasteiger partial charge in [0.2, 0.25) is 0 Å². The SMILES string of the molecule is CNc1nc(-c2c[nH]c3ccc(Cl)cc23)c(C)s1. The Morgan fingerprint density at radius 2 is 2.22 bits per heavy atom. The predicted octanol–water partition coefficient (Wildman–Crippen LogP) is 4.29. The second-order valence-corrected chi connectivity index (χ2v) is 5.71. The van der Waals surface area contributed by atoms with Crippen LogP contribution >= 0.6 is 22.9 Å². The van der Waals surface area contributed by atoms with E-state index in [2.05, 4.69) is 22.2 Å². The zero-order valence-electron chi connectivity index (χ0n) is 10.0. The van der Waals surface area contributed by atoms with Gasteiger partial charge in [0.05, 0.1) is 5.69 Å². The van der Waals surface area contributed by atoms with Gasteiger partial charge in [-0.05, 0) is 25.1 Å². The molecule has 0 aliphatic carbocycles. The number of aromatic amines is 1. The summed E-state index contributed by atoms with van der Waals surface area (Å²) in [5.74, 6) is 0. The largest absolute Gasteiger partial charge is 0.365 e. The Morgan fingerprint density at radius 1 is 1.39 bits per heavy atom. The van der Waals surface area contributed by atoms with E-state index in [1.165, 1.54) is 4.88 Å². The van der Waals surface area contributed by atoms with Crippen LogP contribution in [-0.2, 0) is 0 Å². The first kappa shape index (κ1) is 11.6. The van der Waals surface area contributed by atoms with E-state index in [-0.39, 0.29) is 0 Å². The summed E-state index contributed by atoms with van der Waals surface area (Å²) >= 11 is 7.72. The van der Waals surface area contributed by atoms with Crippen LogP contribution in [0.25, 0.3) is 22.2 Å². The van der Waals surface area contributed by atoms with Crippen molar-refractivity contribution in [3.8, 4) is 11.3 Å². The Hall–Kier alpha value is -1.52. The zero-order chi connectivity index (χ0) is 12.7. The monoisotopic (exact) mass is 277 g/mol. The van der Waals surface area contributed by atoms with Gasteiger partial charge >= 0.3 is 0 Å². The molecule has 2 heterocycles. The molecule has 0 aliphatic rings. The molecule has 0 saturated heterocycles. The van der Waals surface area contributed by atoms with Gasteiger partial charge in [0.15, 0.2) is 5.13 Å². The van der Waals surface area contributed by atoms with Crippen molar-refractivity contribution in [3.05, 3.63) is 34.3 Å². The molecule has 0 spiro atoms. The topological polar surface area (TPSA) is 40.7 Å². The van der Waals surface area contributed by atoms with Crippen LogP contribution in [0, 0.1) is 6.92 Å². The van der Waals surface area contributed by atoms with Crippen molar-refractivity contribution in [2.45, 2.75) is 6.92 Å². The van der Waals surface area contributed by atoms with Gasteiger partial charge in [-0.15, -0.1) is 11.3 Å². The maximum absolute atomic E-state index is 6.06. The van der Waals surface area contributed by atoms with Gasteiger partial charge in [0.1, 0.15) is 0 Å². The summed E-state index contributed by atoms with van der Waals surface area (Å²) in [5, 5.41) is 5.86. The minimum absolute atomic E-state index is 0.741. The standard InChI is InChI=1S/C13H12ClN3S/c1-7-12(17-13(15-2)18-7)10-6-16-11-4-3-8(14)5-9(10)11/h3-6,16H,1-2H3,(H,15,17). The summed E-state index contributed by atoms with van der Waals surface area (Å²) in [6.45, 7) is 2.08. The third-order valence-electron chi connectivity index (χ3n) is 2.91. The molecule has 0 fully saturated rings. The van der Waals surface area contributed by atoms with Gasteiger partial charge in [-0.2, -0.15) is 0 Å². The number of fused-ring (bicyclic) bond motifs is 1. The average Bonchev–Trinajstić information content (AvgIpc) is 2.92. The summed E-state index contributed by atoms with van der Waals surface area (Å²) in [6, 6.07) is 5.85. The van der Waals surface area contributed by atoms with E-state index in [0.29, 0.717) is 0 Å². The molecule has 0 aliphatic heterocycles. The molecule has 3 aromatic rings. The third-order valence-corrected chi connectivity index (χ3v) is 4.13. The first-order chi connectivity index (χ1) is 8.69. The second-order valence-electron chi connectivity index (χ2n) is 4.07. The molecule has 92 valence electrons. The molecule has 0 radical (unpaired) electrons. The van der Waals surface area contributed by atoms with Crippen molar-refractivity contribution in [3.63, 3.8) is 0 Å². The van der Waals surface area contributed by atoms with E-state index in [4.69, 9.17) is 11.6 Å². The van der Waals surface area contributed by atoms with E-state index in [1.807, 2.05) is 31.4 Å². The van der Waals surface area contributed by atoms with Gasteiger partial charge < -0.3 is 10.3 Å². The highest BCUT2D eigenvalue weighted by molar-refractivity contribution is 7.16. The minimum Gasteiger partial charge on any atom is -0.365 e. The molecule has 2 aromatic heterocycles. The molecule has 0 bridgehead atoms. The lowest BCUT2D eigenvalue weighted by Gasteiger charge is -1.97.